The van der Waals surface area contributed by atoms with Crippen molar-refractivity contribution in [3.8, 4) is 11.5 Å². The molecule has 2 aromatic rings. The third kappa shape index (κ3) is 4.07. The van der Waals surface area contributed by atoms with E-state index in [1.165, 1.54) is 7.11 Å². The molecule has 4 N–H and O–H groups in total. The zero-order valence-corrected chi connectivity index (χ0v) is 18.5. The number of methoxy groups -OCH3 is 1. The Hall–Kier alpha value is -1.72. The van der Waals surface area contributed by atoms with Gasteiger partial charge in [0.2, 0.25) is 5.79 Å². The van der Waals surface area contributed by atoms with E-state index in [2.05, 4.69) is 15.9 Å². The molecule has 0 saturated carbocycles. The highest BCUT2D eigenvalue weighted by Gasteiger charge is 2.55. The highest BCUT2D eigenvalue weighted by molar-refractivity contribution is 9.10. The van der Waals surface area contributed by atoms with Crippen molar-refractivity contribution in [3.05, 3.63) is 57.6 Å². The number of hydrogen-bond acceptors (Lipinski definition) is 8. The maximum atomic E-state index is 10.7. The van der Waals surface area contributed by atoms with Crippen molar-refractivity contribution < 1.29 is 39.4 Å². The number of ether oxygens (including phenoxy) is 4. The van der Waals surface area contributed by atoms with Crippen LogP contribution < -0.4 is 9.47 Å². The van der Waals surface area contributed by atoms with E-state index in [1.54, 1.807) is 18.2 Å². The zero-order chi connectivity index (χ0) is 22.2. The summed E-state index contributed by atoms with van der Waals surface area (Å²) in [5.74, 6) is -0.352. The zero-order valence-electron chi connectivity index (χ0n) is 16.9. The average Bonchev–Trinajstić information content (AvgIpc) is 2.79. The fourth-order valence-corrected chi connectivity index (χ4v) is 4.40. The van der Waals surface area contributed by atoms with Crippen molar-refractivity contribution in [2.45, 2.75) is 36.6 Å². The lowest BCUT2D eigenvalue weighted by molar-refractivity contribution is -0.366. The first-order valence-corrected chi connectivity index (χ1v) is 10.7. The van der Waals surface area contributed by atoms with Crippen molar-refractivity contribution in [3.63, 3.8) is 0 Å². The molecule has 0 aliphatic carbocycles. The van der Waals surface area contributed by atoms with Crippen molar-refractivity contribution >= 4 is 15.9 Å². The summed E-state index contributed by atoms with van der Waals surface area (Å²) < 4.78 is 23.4. The van der Waals surface area contributed by atoms with Crippen molar-refractivity contribution in [1.82, 2.24) is 0 Å². The number of rotatable bonds is 5. The third-order valence-corrected chi connectivity index (χ3v) is 6.48. The lowest BCUT2D eigenvalue weighted by atomic mass is 9.87. The number of hydrogen-bond donors (Lipinski definition) is 4. The molecule has 2 aliphatic heterocycles. The first kappa shape index (κ1) is 22.5. The van der Waals surface area contributed by atoms with E-state index < -0.39 is 36.8 Å². The van der Waals surface area contributed by atoms with E-state index in [0.29, 0.717) is 36.7 Å². The van der Waals surface area contributed by atoms with Gasteiger partial charge >= 0.3 is 0 Å². The lowest BCUT2D eigenvalue weighted by Gasteiger charge is -2.47. The molecule has 5 unspecified atom stereocenters. The Bertz CT molecular complexity index is 936. The van der Waals surface area contributed by atoms with Crippen LogP contribution in [0.4, 0.5) is 0 Å². The molecule has 1 fully saturated rings. The minimum atomic E-state index is -1.76. The summed E-state index contributed by atoms with van der Waals surface area (Å²) in [6.45, 7) is 0.481. The second kappa shape index (κ2) is 9.03. The standard InChI is InChI=1S/C22H25BrO8/c1-28-22(21(27)20(26)19(25)18(11-24)31-22)14-3-4-15(23)13(10-14)8-12-2-5-16-17(9-12)30-7-6-29-16/h2-5,9-10,18-21,24-27H,6-8,11H2,1H3. The minimum absolute atomic E-state index is 0.447. The van der Waals surface area contributed by atoms with Crippen molar-refractivity contribution in [2.24, 2.45) is 0 Å². The minimum Gasteiger partial charge on any atom is -0.486 e. The largest absolute Gasteiger partial charge is 0.486 e. The summed E-state index contributed by atoms with van der Waals surface area (Å²) in [5, 5.41) is 40.7. The topological polar surface area (TPSA) is 118 Å². The van der Waals surface area contributed by atoms with Crippen LogP contribution in [0.25, 0.3) is 0 Å². The average molecular weight is 497 g/mol. The first-order chi connectivity index (χ1) is 14.9. The van der Waals surface area contributed by atoms with Crippen LogP contribution in [0.15, 0.2) is 40.9 Å². The maximum Gasteiger partial charge on any atom is 0.224 e. The fourth-order valence-electron chi connectivity index (χ4n) is 4.01. The molecule has 9 heteroatoms. The summed E-state index contributed by atoms with van der Waals surface area (Å²) in [6, 6.07) is 11.0. The molecule has 4 rings (SSSR count). The van der Waals surface area contributed by atoms with Gasteiger partial charge in [-0.3, -0.25) is 0 Å². The molecule has 0 spiro atoms. The number of aliphatic hydroxyl groups excluding tert-OH is 4. The molecule has 0 radical (unpaired) electrons. The van der Waals surface area contributed by atoms with E-state index in [4.69, 9.17) is 18.9 Å². The van der Waals surface area contributed by atoms with E-state index in [1.807, 2.05) is 18.2 Å². The van der Waals surface area contributed by atoms with Crippen molar-refractivity contribution in [1.29, 1.82) is 0 Å². The molecule has 31 heavy (non-hydrogen) atoms. The van der Waals surface area contributed by atoms with Gasteiger partial charge in [-0.1, -0.05) is 28.1 Å². The van der Waals surface area contributed by atoms with Gasteiger partial charge in [-0.25, -0.2) is 0 Å². The molecule has 0 aromatic heterocycles. The van der Waals surface area contributed by atoms with Crippen LogP contribution in [0.1, 0.15) is 16.7 Å². The maximum absolute atomic E-state index is 10.7. The third-order valence-electron chi connectivity index (χ3n) is 5.70. The SMILES string of the molecule is COC1(c2ccc(Br)c(Cc3ccc4c(c3)OCCO4)c2)OC(CO)C(O)C(O)C1O. The summed E-state index contributed by atoms with van der Waals surface area (Å²) >= 11 is 3.56. The van der Waals surface area contributed by atoms with Crippen LogP contribution in [0.5, 0.6) is 11.5 Å². The first-order valence-electron chi connectivity index (χ1n) is 9.95. The van der Waals surface area contributed by atoms with Crippen LogP contribution in [0, 0.1) is 0 Å². The van der Waals surface area contributed by atoms with Crippen LogP contribution >= 0.6 is 15.9 Å². The smallest absolute Gasteiger partial charge is 0.224 e. The van der Waals surface area contributed by atoms with Gasteiger partial charge in [0.1, 0.15) is 37.6 Å². The van der Waals surface area contributed by atoms with Gasteiger partial charge in [0, 0.05) is 17.1 Å². The monoisotopic (exact) mass is 496 g/mol. The molecule has 8 nitrogen and oxygen atoms in total. The Morgan fingerprint density at radius 1 is 1.03 bits per heavy atom. The molecular formula is C22H25BrO8. The van der Waals surface area contributed by atoms with Gasteiger partial charge in [0.05, 0.1) is 6.61 Å². The lowest BCUT2D eigenvalue weighted by Crippen LogP contribution is -2.64. The predicted molar refractivity (Wildman–Crippen MR) is 113 cm³/mol. The van der Waals surface area contributed by atoms with Gasteiger partial charge in [0.25, 0.3) is 0 Å². The van der Waals surface area contributed by atoms with E-state index >= 15 is 0 Å². The van der Waals surface area contributed by atoms with E-state index in [9.17, 15) is 20.4 Å². The van der Waals surface area contributed by atoms with E-state index in [0.717, 1.165) is 15.6 Å². The van der Waals surface area contributed by atoms with Crippen molar-refractivity contribution in [2.75, 3.05) is 26.9 Å². The Morgan fingerprint density at radius 3 is 2.48 bits per heavy atom. The number of fused-ring (bicyclic) bond motifs is 1. The molecule has 0 bridgehead atoms. The molecule has 168 valence electrons. The molecule has 2 aliphatic rings. The normalized spacial score (nSPS) is 30.3. The summed E-state index contributed by atoms with van der Waals surface area (Å²) in [4.78, 5) is 0. The Labute approximate surface area is 188 Å². The van der Waals surface area contributed by atoms with E-state index in [-0.39, 0.29) is 0 Å². The fraction of sp³-hybridized carbons (Fsp3) is 0.455. The summed E-state index contributed by atoms with van der Waals surface area (Å²) in [6.07, 6.45) is -5.16. The molecule has 5 atom stereocenters. The highest BCUT2D eigenvalue weighted by atomic mass is 79.9. The Morgan fingerprint density at radius 2 is 1.77 bits per heavy atom. The second-order valence-corrected chi connectivity index (χ2v) is 8.45. The van der Waals surface area contributed by atoms with Gasteiger partial charge in [0.15, 0.2) is 11.5 Å². The van der Waals surface area contributed by atoms with Crippen LogP contribution in [-0.2, 0) is 21.7 Å². The van der Waals surface area contributed by atoms with Crippen LogP contribution in [0.2, 0.25) is 0 Å². The number of benzene rings is 2. The molecular weight excluding hydrogens is 472 g/mol. The predicted octanol–water partition coefficient (Wildman–Crippen LogP) is 1.08. The Kier molecular flexibility index (Phi) is 6.55. The molecule has 2 heterocycles. The number of halogens is 1. The van der Waals surface area contributed by atoms with Gasteiger partial charge in [-0.2, -0.15) is 0 Å². The van der Waals surface area contributed by atoms with Gasteiger partial charge < -0.3 is 39.4 Å². The van der Waals surface area contributed by atoms with Gasteiger partial charge in [-0.05, 0) is 41.8 Å². The quantitative estimate of drug-likeness (QED) is 0.485. The summed E-state index contributed by atoms with van der Waals surface area (Å²) in [5.41, 5.74) is 2.31. The molecule has 1 saturated heterocycles. The van der Waals surface area contributed by atoms with Crippen LogP contribution in [-0.4, -0.2) is 71.8 Å². The Balaban J connectivity index is 1.68. The van der Waals surface area contributed by atoms with Gasteiger partial charge in [-0.15, -0.1) is 0 Å². The molecule has 2 aromatic carbocycles. The number of aliphatic hydroxyl groups is 4. The second-order valence-electron chi connectivity index (χ2n) is 7.60. The van der Waals surface area contributed by atoms with Crippen LogP contribution in [0.3, 0.4) is 0 Å². The summed E-state index contributed by atoms with van der Waals surface area (Å²) in [7, 11) is 1.34. The molecule has 0 amide bonds. The highest BCUT2D eigenvalue weighted by Crippen LogP contribution is 2.41.